The van der Waals surface area contributed by atoms with Gasteiger partial charge >= 0.3 is 0 Å². The molecule has 2 nitrogen and oxygen atoms in total. The Morgan fingerprint density at radius 1 is 1.35 bits per heavy atom. The molecular weight excluding hydrogens is 291 g/mol. The van der Waals surface area contributed by atoms with Gasteiger partial charge in [-0.2, -0.15) is 0 Å². The molecule has 2 atom stereocenters. The van der Waals surface area contributed by atoms with E-state index < -0.39 is 0 Å². The molecule has 1 aromatic carbocycles. The fourth-order valence-electron chi connectivity index (χ4n) is 3.23. The third kappa shape index (κ3) is 4.63. The average Bonchev–Trinajstić information content (AvgIpc) is 2.43. The van der Waals surface area contributed by atoms with Crippen LogP contribution in [-0.4, -0.2) is 31.6 Å². The van der Waals surface area contributed by atoms with Crippen molar-refractivity contribution in [1.82, 2.24) is 10.2 Å². The van der Waals surface area contributed by atoms with Crippen molar-refractivity contribution in [2.75, 3.05) is 26.7 Å². The summed E-state index contributed by atoms with van der Waals surface area (Å²) in [6.45, 7) is 5.85. The van der Waals surface area contributed by atoms with Crippen LogP contribution >= 0.6 is 24.0 Å². The summed E-state index contributed by atoms with van der Waals surface area (Å²) in [5.41, 5.74) is 1.40. The molecule has 0 spiro atoms. The van der Waals surface area contributed by atoms with E-state index in [0.29, 0.717) is 6.04 Å². The third-order valence-corrected chi connectivity index (χ3v) is 4.38. The van der Waals surface area contributed by atoms with Gasteiger partial charge in [0.25, 0.3) is 0 Å². The van der Waals surface area contributed by atoms with Crippen molar-refractivity contribution in [3.05, 3.63) is 34.9 Å². The molecule has 1 aliphatic rings. The van der Waals surface area contributed by atoms with E-state index in [-0.39, 0.29) is 12.4 Å². The lowest BCUT2D eigenvalue weighted by molar-refractivity contribution is 0.119. The lowest BCUT2D eigenvalue weighted by Crippen LogP contribution is -2.41. The SMILES string of the molecule is CCC(c1ccc(Cl)cc1)N1CCCC(CNC)C1.Cl. The van der Waals surface area contributed by atoms with Gasteiger partial charge in [0.1, 0.15) is 0 Å². The molecule has 1 aromatic rings. The Morgan fingerprint density at radius 3 is 2.65 bits per heavy atom. The molecule has 0 aromatic heterocycles. The van der Waals surface area contributed by atoms with Crippen LogP contribution in [-0.2, 0) is 0 Å². The number of hydrogen-bond donors (Lipinski definition) is 1. The standard InChI is InChI=1S/C16H25ClN2.ClH/c1-3-16(14-6-8-15(17)9-7-14)19-10-4-5-13(12-19)11-18-2;/h6-9,13,16,18H,3-5,10-12H2,1-2H3;1H. The molecular formula is C16H26Cl2N2. The molecule has 4 heteroatoms. The van der Waals surface area contributed by atoms with Gasteiger partial charge in [-0.15, -0.1) is 12.4 Å². The lowest BCUT2D eigenvalue weighted by Gasteiger charge is -2.38. The minimum atomic E-state index is 0. The first-order valence-corrected chi connectivity index (χ1v) is 7.76. The number of piperidine rings is 1. The normalized spacial score (nSPS) is 21.2. The van der Waals surface area contributed by atoms with Crippen LogP contribution < -0.4 is 5.32 Å². The monoisotopic (exact) mass is 316 g/mol. The number of nitrogens with zero attached hydrogens (tertiary/aromatic N) is 1. The Morgan fingerprint density at radius 2 is 2.05 bits per heavy atom. The molecule has 0 amide bonds. The van der Waals surface area contributed by atoms with Crippen LogP contribution in [0.25, 0.3) is 0 Å². The second-order valence-electron chi connectivity index (χ2n) is 5.54. The number of likely N-dealkylation sites (tertiary alicyclic amines) is 1. The molecule has 2 unspecified atom stereocenters. The summed E-state index contributed by atoms with van der Waals surface area (Å²) < 4.78 is 0. The molecule has 1 aliphatic heterocycles. The molecule has 0 saturated carbocycles. The van der Waals surface area contributed by atoms with Gasteiger partial charge in [-0.1, -0.05) is 30.7 Å². The smallest absolute Gasteiger partial charge is 0.0406 e. The number of rotatable bonds is 5. The van der Waals surface area contributed by atoms with E-state index in [4.69, 9.17) is 11.6 Å². The van der Waals surface area contributed by atoms with Crippen molar-refractivity contribution in [2.24, 2.45) is 5.92 Å². The maximum absolute atomic E-state index is 5.99. The predicted molar refractivity (Wildman–Crippen MR) is 90.0 cm³/mol. The van der Waals surface area contributed by atoms with Gasteiger partial charge < -0.3 is 5.32 Å². The quantitative estimate of drug-likeness (QED) is 0.878. The Balaban J connectivity index is 0.00000200. The molecule has 0 radical (unpaired) electrons. The maximum atomic E-state index is 5.99. The summed E-state index contributed by atoms with van der Waals surface area (Å²) in [6.07, 6.45) is 3.83. The van der Waals surface area contributed by atoms with Crippen LogP contribution in [0.15, 0.2) is 24.3 Å². The number of benzene rings is 1. The predicted octanol–water partition coefficient (Wildman–Crippen LogP) is 4.14. The highest BCUT2D eigenvalue weighted by atomic mass is 35.5. The van der Waals surface area contributed by atoms with Crippen molar-refractivity contribution < 1.29 is 0 Å². The summed E-state index contributed by atoms with van der Waals surface area (Å²) in [6, 6.07) is 8.91. The highest BCUT2D eigenvalue weighted by Crippen LogP contribution is 2.29. The molecule has 0 aliphatic carbocycles. The van der Waals surface area contributed by atoms with Gasteiger partial charge in [0, 0.05) is 17.6 Å². The van der Waals surface area contributed by atoms with Gasteiger partial charge in [-0.05, 0) is 63.0 Å². The van der Waals surface area contributed by atoms with Gasteiger partial charge in [0.15, 0.2) is 0 Å². The zero-order valence-corrected chi connectivity index (χ0v) is 14.0. The first-order valence-electron chi connectivity index (χ1n) is 7.38. The zero-order chi connectivity index (χ0) is 13.7. The van der Waals surface area contributed by atoms with E-state index in [0.717, 1.165) is 23.9 Å². The molecule has 20 heavy (non-hydrogen) atoms. The van der Waals surface area contributed by atoms with Crippen LogP contribution in [0.2, 0.25) is 5.02 Å². The van der Waals surface area contributed by atoms with Crippen LogP contribution in [0.4, 0.5) is 0 Å². The summed E-state index contributed by atoms with van der Waals surface area (Å²) >= 11 is 5.99. The Kier molecular flexibility index (Phi) is 7.90. The van der Waals surface area contributed by atoms with Crippen molar-refractivity contribution in [1.29, 1.82) is 0 Å². The highest BCUT2D eigenvalue weighted by molar-refractivity contribution is 6.30. The molecule has 1 N–H and O–H groups in total. The lowest BCUT2D eigenvalue weighted by atomic mass is 9.94. The van der Waals surface area contributed by atoms with Crippen molar-refractivity contribution in [3.63, 3.8) is 0 Å². The van der Waals surface area contributed by atoms with Crippen LogP contribution in [0.3, 0.4) is 0 Å². The molecule has 1 fully saturated rings. The molecule has 1 saturated heterocycles. The van der Waals surface area contributed by atoms with Gasteiger partial charge in [0.05, 0.1) is 0 Å². The largest absolute Gasteiger partial charge is 0.319 e. The van der Waals surface area contributed by atoms with Gasteiger partial charge in [-0.3, -0.25) is 4.90 Å². The van der Waals surface area contributed by atoms with Crippen molar-refractivity contribution in [3.8, 4) is 0 Å². The third-order valence-electron chi connectivity index (χ3n) is 4.13. The van der Waals surface area contributed by atoms with E-state index in [1.54, 1.807) is 0 Å². The van der Waals surface area contributed by atoms with Crippen LogP contribution in [0.5, 0.6) is 0 Å². The number of nitrogens with one attached hydrogen (secondary N) is 1. The second-order valence-corrected chi connectivity index (χ2v) is 5.97. The molecule has 1 heterocycles. The second kappa shape index (κ2) is 8.89. The Bertz CT molecular complexity index is 379. The summed E-state index contributed by atoms with van der Waals surface area (Å²) in [4.78, 5) is 2.65. The average molecular weight is 317 g/mol. The fourth-order valence-corrected chi connectivity index (χ4v) is 3.35. The summed E-state index contributed by atoms with van der Waals surface area (Å²) in [5, 5.41) is 4.14. The minimum Gasteiger partial charge on any atom is -0.319 e. The van der Waals surface area contributed by atoms with E-state index in [9.17, 15) is 0 Å². The minimum absolute atomic E-state index is 0. The first-order chi connectivity index (χ1) is 9.24. The van der Waals surface area contributed by atoms with E-state index in [1.807, 2.05) is 12.1 Å². The molecule has 0 bridgehead atoms. The number of hydrogen-bond acceptors (Lipinski definition) is 2. The Labute approximate surface area is 134 Å². The first kappa shape index (κ1) is 17.8. The van der Waals surface area contributed by atoms with E-state index in [1.165, 1.54) is 31.5 Å². The van der Waals surface area contributed by atoms with Gasteiger partial charge in [-0.25, -0.2) is 0 Å². The van der Waals surface area contributed by atoms with E-state index in [2.05, 4.69) is 36.3 Å². The van der Waals surface area contributed by atoms with Crippen LogP contribution in [0, 0.1) is 5.92 Å². The molecule has 114 valence electrons. The van der Waals surface area contributed by atoms with Crippen molar-refractivity contribution in [2.45, 2.75) is 32.2 Å². The Hall–Kier alpha value is -0.280. The molecule has 2 rings (SSSR count). The highest BCUT2D eigenvalue weighted by Gasteiger charge is 2.25. The zero-order valence-electron chi connectivity index (χ0n) is 12.4. The maximum Gasteiger partial charge on any atom is 0.0406 e. The van der Waals surface area contributed by atoms with Gasteiger partial charge in [0.2, 0.25) is 0 Å². The van der Waals surface area contributed by atoms with Crippen LogP contribution in [0.1, 0.15) is 37.8 Å². The summed E-state index contributed by atoms with van der Waals surface area (Å²) in [5.74, 6) is 0.792. The van der Waals surface area contributed by atoms with E-state index >= 15 is 0 Å². The van der Waals surface area contributed by atoms with Crippen molar-refractivity contribution >= 4 is 24.0 Å². The summed E-state index contributed by atoms with van der Waals surface area (Å²) in [7, 11) is 2.05. The number of halogens is 2. The topological polar surface area (TPSA) is 15.3 Å². The fraction of sp³-hybridized carbons (Fsp3) is 0.625.